The normalized spacial score (nSPS) is 25.0. The first-order chi connectivity index (χ1) is 15.1. The molecule has 4 heterocycles. The van der Waals surface area contributed by atoms with Gasteiger partial charge in [-0.25, -0.2) is 8.42 Å². The molecule has 3 aliphatic heterocycles. The molecule has 9 nitrogen and oxygen atoms in total. The molecular formula is C21H26N4O5S. The van der Waals surface area contributed by atoms with E-state index in [4.69, 9.17) is 14.0 Å². The molecule has 0 spiro atoms. The van der Waals surface area contributed by atoms with E-state index in [1.165, 1.54) is 23.2 Å². The second-order valence-corrected chi connectivity index (χ2v) is 10.8. The molecule has 0 N–H and O–H groups in total. The quantitative estimate of drug-likeness (QED) is 0.666. The van der Waals surface area contributed by atoms with Crippen LogP contribution < -0.4 is 9.47 Å². The summed E-state index contributed by atoms with van der Waals surface area (Å²) in [6.45, 7) is 3.80. The lowest BCUT2D eigenvalue weighted by molar-refractivity contribution is 0.171. The van der Waals surface area contributed by atoms with Crippen LogP contribution in [0.3, 0.4) is 0 Å². The van der Waals surface area contributed by atoms with Crippen LogP contribution in [0.4, 0.5) is 0 Å². The van der Waals surface area contributed by atoms with Crippen molar-refractivity contribution in [1.29, 1.82) is 0 Å². The molecule has 1 aromatic heterocycles. The van der Waals surface area contributed by atoms with Gasteiger partial charge in [0.25, 0.3) is 0 Å². The molecule has 2 saturated heterocycles. The zero-order chi connectivity index (χ0) is 21.0. The maximum Gasteiger partial charge on any atom is 0.244 e. The van der Waals surface area contributed by atoms with Gasteiger partial charge >= 0.3 is 0 Å². The van der Waals surface area contributed by atoms with Gasteiger partial charge in [0.1, 0.15) is 13.2 Å². The Labute approximate surface area is 181 Å². The monoisotopic (exact) mass is 446 g/mol. The molecule has 1 aromatic carbocycles. The molecule has 3 fully saturated rings. The topological polar surface area (TPSA) is 98.0 Å². The third kappa shape index (κ3) is 3.60. The Bertz CT molecular complexity index is 1080. The number of fused-ring (bicyclic) bond motifs is 1. The van der Waals surface area contributed by atoms with Crippen molar-refractivity contribution in [3.8, 4) is 11.5 Å². The Balaban J connectivity index is 1.12. The third-order valence-electron chi connectivity index (χ3n) is 6.66. The predicted octanol–water partition coefficient (Wildman–Crippen LogP) is 2.18. The van der Waals surface area contributed by atoms with E-state index in [1.54, 1.807) is 12.1 Å². The number of hydrogen-bond donors (Lipinski definition) is 0. The molecule has 1 atom stereocenters. The van der Waals surface area contributed by atoms with Gasteiger partial charge in [-0.1, -0.05) is 5.16 Å². The lowest BCUT2D eigenvalue weighted by Gasteiger charge is -2.36. The lowest BCUT2D eigenvalue weighted by atomic mass is 10.0. The minimum absolute atomic E-state index is 0.0391. The summed E-state index contributed by atoms with van der Waals surface area (Å²) in [5.74, 6) is 3.13. The summed E-state index contributed by atoms with van der Waals surface area (Å²) in [4.78, 5) is 7.34. The van der Waals surface area contributed by atoms with Crippen LogP contribution in [0, 0.1) is 5.92 Å². The van der Waals surface area contributed by atoms with Crippen molar-refractivity contribution < 1.29 is 22.4 Å². The summed E-state index contributed by atoms with van der Waals surface area (Å²) in [5, 5.41) is 4.19. The second kappa shape index (κ2) is 7.46. The minimum Gasteiger partial charge on any atom is -0.486 e. The number of nitrogens with zero attached hydrogens (tertiary/aromatic N) is 4. The van der Waals surface area contributed by atoms with Gasteiger partial charge in [-0.3, -0.25) is 4.90 Å². The first kappa shape index (κ1) is 19.5. The highest BCUT2D eigenvalue weighted by Gasteiger charge is 2.41. The number of benzene rings is 1. The number of aromatic nitrogens is 2. The average molecular weight is 447 g/mol. The van der Waals surface area contributed by atoms with Crippen LogP contribution in [-0.2, 0) is 10.0 Å². The van der Waals surface area contributed by atoms with Crippen molar-refractivity contribution in [2.45, 2.75) is 42.5 Å². The Morgan fingerprint density at radius 2 is 1.87 bits per heavy atom. The van der Waals surface area contributed by atoms with E-state index in [2.05, 4.69) is 15.0 Å². The molecule has 1 aliphatic carbocycles. The molecule has 31 heavy (non-hydrogen) atoms. The van der Waals surface area contributed by atoms with Crippen molar-refractivity contribution in [3.05, 3.63) is 29.9 Å². The van der Waals surface area contributed by atoms with E-state index in [-0.39, 0.29) is 16.9 Å². The van der Waals surface area contributed by atoms with E-state index in [9.17, 15) is 8.42 Å². The average Bonchev–Trinajstić information content (AvgIpc) is 3.22. The molecule has 1 saturated carbocycles. The van der Waals surface area contributed by atoms with Crippen molar-refractivity contribution >= 4 is 10.0 Å². The summed E-state index contributed by atoms with van der Waals surface area (Å²) >= 11 is 0. The Hall–Kier alpha value is -2.17. The highest BCUT2D eigenvalue weighted by Crippen LogP contribution is 2.39. The highest BCUT2D eigenvalue weighted by molar-refractivity contribution is 7.89. The summed E-state index contributed by atoms with van der Waals surface area (Å²) in [5.41, 5.74) is 0. The fourth-order valence-corrected chi connectivity index (χ4v) is 6.18. The molecule has 4 aliphatic rings. The molecule has 1 unspecified atom stereocenters. The standard InChI is InChI=1S/C21H26N4O5S/c26-31(27,16-5-6-18-19(10-16)29-9-8-28-18)25-12-15(13-25)20-22-21(30-23-20)17-2-1-7-24(17)11-14-3-4-14/h5-6,10,14-15,17H,1-4,7-9,11-13H2. The van der Waals surface area contributed by atoms with Gasteiger partial charge in [-0.05, 0) is 50.3 Å². The molecule has 166 valence electrons. The summed E-state index contributed by atoms with van der Waals surface area (Å²) in [7, 11) is -3.60. The molecule has 10 heteroatoms. The van der Waals surface area contributed by atoms with Gasteiger partial charge in [-0.2, -0.15) is 9.29 Å². The van der Waals surface area contributed by atoms with Gasteiger partial charge in [0.2, 0.25) is 15.9 Å². The van der Waals surface area contributed by atoms with Crippen molar-refractivity contribution in [1.82, 2.24) is 19.3 Å². The molecular weight excluding hydrogens is 420 g/mol. The van der Waals surface area contributed by atoms with Gasteiger partial charge in [-0.15, -0.1) is 0 Å². The number of ether oxygens (including phenoxy) is 2. The highest BCUT2D eigenvalue weighted by atomic mass is 32.2. The molecule has 2 aromatic rings. The summed E-state index contributed by atoms with van der Waals surface area (Å²) in [6.07, 6.45) is 4.85. The van der Waals surface area contributed by atoms with E-state index in [0.29, 0.717) is 49.5 Å². The van der Waals surface area contributed by atoms with Crippen LogP contribution in [-0.4, -0.2) is 67.2 Å². The first-order valence-electron chi connectivity index (χ1n) is 11.1. The van der Waals surface area contributed by atoms with E-state index < -0.39 is 10.0 Å². The van der Waals surface area contributed by atoms with Gasteiger partial charge in [0.05, 0.1) is 16.9 Å². The van der Waals surface area contributed by atoms with Crippen LogP contribution in [0.25, 0.3) is 0 Å². The summed E-state index contributed by atoms with van der Waals surface area (Å²) < 4.78 is 44.1. The summed E-state index contributed by atoms with van der Waals surface area (Å²) in [6, 6.07) is 4.97. The van der Waals surface area contributed by atoms with Crippen LogP contribution in [0.1, 0.15) is 49.4 Å². The van der Waals surface area contributed by atoms with E-state index in [0.717, 1.165) is 31.8 Å². The SMILES string of the molecule is O=S(=O)(c1ccc2c(c1)OCCO2)N1CC(c2noc(C3CCCN3CC3CC3)n2)C1. The number of rotatable bonds is 6. The fraction of sp³-hybridized carbons (Fsp3) is 0.619. The number of likely N-dealkylation sites (tertiary alicyclic amines) is 1. The van der Waals surface area contributed by atoms with Crippen molar-refractivity contribution in [3.63, 3.8) is 0 Å². The largest absolute Gasteiger partial charge is 0.486 e. The first-order valence-corrected chi connectivity index (χ1v) is 12.5. The molecule has 0 radical (unpaired) electrons. The lowest BCUT2D eigenvalue weighted by Crippen LogP contribution is -2.48. The van der Waals surface area contributed by atoms with Crippen LogP contribution in [0.5, 0.6) is 11.5 Å². The predicted molar refractivity (Wildman–Crippen MR) is 110 cm³/mol. The zero-order valence-electron chi connectivity index (χ0n) is 17.3. The molecule has 0 amide bonds. The Kier molecular flexibility index (Phi) is 4.69. The Morgan fingerprint density at radius 3 is 2.68 bits per heavy atom. The number of sulfonamides is 1. The van der Waals surface area contributed by atoms with Gasteiger partial charge in [0.15, 0.2) is 17.3 Å². The van der Waals surface area contributed by atoms with Crippen LogP contribution >= 0.6 is 0 Å². The third-order valence-corrected chi connectivity index (χ3v) is 8.49. The fourth-order valence-electron chi connectivity index (χ4n) is 4.64. The molecule has 0 bridgehead atoms. The van der Waals surface area contributed by atoms with E-state index in [1.807, 2.05) is 0 Å². The van der Waals surface area contributed by atoms with Gasteiger partial charge in [0, 0.05) is 25.7 Å². The minimum atomic E-state index is -3.60. The Morgan fingerprint density at radius 1 is 1.06 bits per heavy atom. The second-order valence-electron chi connectivity index (χ2n) is 8.91. The maximum atomic E-state index is 13.0. The van der Waals surface area contributed by atoms with Crippen molar-refractivity contribution in [2.75, 3.05) is 39.4 Å². The smallest absolute Gasteiger partial charge is 0.244 e. The van der Waals surface area contributed by atoms with Gasteiger partial charge < -0.3 is 14.0 Å². The maximum absolute atomic E-state index is 13.0. The molecule has 6 rings (SSSR count). The number of hydrogen-bond acceptors (Lipinski definition) is 8. The van der Waals surface area contributed by atoms with Crippen molar-refractivity contribution in [2.24, 2.45) is 5.92 Å². The van der Waals surface area contributed by atoms with Crippen LogP contribution in [0.2, 0.25) is 0 Å². The zero-order valence-corrected chi connectivity index (χ0v) is 18.1. The van der Waals surface area contributed by atoms with E-state index >= 15 is 0 Å². The van der Waals surface area contributed by atoms with Crippen LogP contribution in [0.15, 0.2) is 27.6 Å².